The van der Waals surface area contributed by atoms with Gasteiger partial charge in [-0.15, -0.1) is 0 Å². The number of alkyl halides is 3. The maximum Gasteiger partial charge on any atom is 0.416 e. The first-order valence-corrected chi connectivity index (χ1v) is 15.2. The molecule has 2 aliphatic rings. The van der Waals surface area contributed by atoms with Crippen LogP contribution in [0, 0.1) is 0 Å². The van der Waals surface area contributed by atoms with Gasteiger partial charge in [-0.05, 0) is 87.9 Å². The lowest BCUT2D eigenvalue weighted by Gasteiger charge is -2.50. The fourth-order valence-corrected chi connectivity index (χ4v) is 8.20. The third kappa shape index (κ3) is 6.40. The van der Waals surface area contributed by atoms with Crippen molar-refractivity contribution in [1.29, 1.82) is 0 Å². The average Bonchev–Trinajstić information content (AvgIpc) is 2.90. The zero-order valence-corrected chi connectivity index (χ0v) is 23.6. The van der Waals surface area contributed by atoms with Crippen LogP contribution in [-0.4, -0.2) is 60.6 Å². The lowest BCUT2D eigenvalue weighted by Crippen LogP contribution is -2.60. The highest BCUT2D eigenvalue weighted by atomic mass is 32.2. The monoisotopic (exact) mass is 562 g/mol. The number of rotatable bonds is 8. The largest absolute Gasteiger partial charge is 0.416 e. The van der Waals surface area contributed by atoms with Gasteiger partial charge in [0.1, 0.15) is 0 Å². The van der Waals surface area contributed by atoms with Gasteiger partial charge in [0.25, 0.3) is 0 Å². The molecule has 0 unspecified atom stereocenters. The molecular formula is C30H37F3N2O3S. The van der Waals surface area contributed by atoms with Crippen LogP contribution < -0.4 is 0 Å². The smallest absolute Gasteiger partial charge is 0.332 e. The van der Waals surface area contributed by atoms with Gasteiger partial charge >= 0.3 is 6.18 Å². The van der Waals surface area contributed by atoms with E-state index in [-0.39, 0.29) is 23.1 Å². The summed E-state index contributed by atoms with van der Waals surface area (Å²) < 4.78 is 67.0. The maximum atomic E-state index is 13.6. The van der Waals surface area contributed by atoms with Crippen molar-refractivity contribution >= 4 is 21.3 Å². The highest BCUT2D eigenvalue weighted by Crippen LogP contribution is 2.41. The molecule has 0 spiro atoms. The molecule has 0 bridgehead atoms. The third-order valence-electron chi connectivity index (χ3n) is 8.25. The number of nitrogens with zero attached hydrogens (tertiary/aromatic N) is 2. The van der Waals surface area contributed by atoms with E-state index >= 15 is 0 Å². The predicted molar refractivity (Wildman–Crippen MR) is 147 cm³/mol. The van der Waals surface area contributed by atoms with Crippen LogP contribution in [0.5, 0.6) is 0 Å². The van der Waals surface area contributed by atoms with Crippen molar-refractivity contribution < 1.29 is 26.4 Å². The van der Waals surface area contributed by atoms with Crippen LogP contribution in [0.4, 0.5) is 13.2 Å². The summed E-state index contributed by atoms with van der Waals surface area (Å²) in [6.45, 7) is 7.58. The van der Waals surface area contributed by atoms with E-state index in [2.05, 4.69) is 25.7 Å². The molecule has 0 N–H and O–H groups in total. The van der Waals surface area contributed by atoms with Gasteiger partial charge in [0.15, 0.2) is 9.84 Å². The van der Waals surface area contributed by atoms with Gasteiger partial charge in [-0.25, -0.2) is 8.42 Å². The molecule has 0 atom stereocenters. The number of halogens is 3. The van der Waals surface area contributed by atoms with E-state index in [0.717, 1.165) is 31.5 Å². The van der Waals surface area contributed by atoms with E-state index < -0.39 is 27.1 Å². The Morgan fingerprint density at radius 3 is 2.28 bits per heavy atom. The molecule has 39 heavy (non-hydrogen) atoms. The van der Waals surface area contributed by atoms with Crippen molar-refractivity contribution in [1.82, 2.24) is 9.80 Å². The summed E-state index contributed by atoms with van der Waals surface area (Å²) >= 11 is 0. The highest BCUT2D eigenvalue weighted by molar-refractivity contribution is 7.91. The number of carbonyl (C=O) groups is 1. The van der Waals surface area contributed by atoms with Gasteiger partial charge in [0.2, 0.25) is 5.91 Å². The molecular weight excluding hydrogens is 525 g/mol. The van der Waals surface area contributed by atoms with E-state index in [1.165, 1.54) is 12.1 Å². The second-order valence-electron chi connectivity index (χ2n) is 10.9. The highest BCUT2D eigenvalue weighted by Gasteiger charge is 2.47. The molecule has 212 valence electrons. The van der Waals surface area contributed by atoms with Gasteiger partial charge in [0.05, 0.1) is 21.8 Å². The zero-order valence-electron chi connectivity index (χ0n) is 22.7. The van der Waals surface area contributed by atoms with Gasteiger partial charge < -0.3 is 4.90 Å². The molecule has 2 aromatic carbocycles. The van der Waals surface area contributed by atoms with E-state index in [1.807, 2.05) is 0 Å². The molecule has 1 aliphatic heterocycles. The number of sulfone groups is 1. The molecule has 9 heteroatoms. The quantitative estimate of drug-likeness (QED) is 0.384. The first-order chi connectivity index (χ1) is 18.4. The molecule has 1 heterocycles. The Morgan fingerprint density at radius 2 is 1.72 bits per heavy atom. The average molecular weight is 563 g/mol. The Kier molecular flexibility index (Phi) is 8.61. The summed E-state index contributed by atoms with van der Waals surface area (Å²) in [6.07, 6.45) is -0.0886. The van der Waals surface area contributed by atoms with Crippen LogP contribution in [0.1, 0.15) is 64.0 Å². The van der Waals surface area contributed by atoms with E-state index in [0.29, 0.717) is 42.5 Å². The van der Waals surface area contributed by atoms with Crippen molar-refractivity contribution in [2.45, 2.75) is 81.6 Å². The van der Waals surface area contributed by atoms with Crippen LogP contribution in [0.25, 0.3) is 5.57 Å². The Hall–Kier alpha value is -2.65. The van der Waals surface area contributed by atoms with Crippen LogP contribution in [0.2, 0.25) is 0 Å². The maximum absolute atomic E-state index is 13.6. The van der Waals surface area contributed by atoms with Gasteiger partial charge in [-0.2, -0.15) is 13.2 Å². The van der Waals surface area contributed by atoms with Crippen molar-refractivity contribution in [3.63, 3.8) is 0 Å². The topological polar surface area (TPSA) is 57.7 Å². The second kappa shape index (κ2) is 11.5. The summed E-state index contributed by atoms with van der Waals surface area (Å²) in [5.41, 5.74) is -0.739. The molecule has 4 rings (SSSR count). The molecule has 1 aliphatic carbocycles. The lowest BCUT2D eigenvalue weighted by molar-refractivity contribution is -0.137. The van der Waals surface area contributed by atoms with Crippen molar-refractivity contribution in [3.8, 4) is 0 Å². The SMILES string of the molecule is CCN(C(C)C)C1CCC(CS(=O)(=O)c2ccccc2)(N2CCC(c3cccc(C(F)(F)F)c3)=CC2=O)CC1. The van der Waals surface area contributed by atoms with Crippen molar-refractivity contribution in [2.75, 3.05) is 18.8 Å². The standard InChI is InChI=1S/C30H37F3N2O3S/c1-4-34(22(2)3)26-13-16-29(17-14-26,21-39(37,38)27-11-6-5-7-12-27)35-18-15-24(20-28(35)36)23-9-8-10-25(19-23)30(31,32)33/h5-12,19-20,22,26H,4,13-18,21H2,1-3H3. The number of hydrogen-bond donors (Lipinski definition) is 0. The summed E-state index contributed by atoms with van der Waals surface area (Å²) in [7, 11) is -3.69. The zero-order chi connectivity index (χ0) is 28.4. The minimum Gasteiger partial charge on any atom is -0.332 e. The molecule has 1 fully saturated rings. The number of amides is 1. The lowest BCUT2D eigenvalue weighted by atomic mass is 9.77. The summed E-state index contributed by atoms with van der Waals surface area (Å²) in [4.78, 5) is 17.9. The van der Waals surface area contributed by atoms with Crippen LogP contribution >= 0.6 is 0 Å². The molecule has 0 radical (unpaired) electrons. The Bertz CT molecular complexity index is 1300. The Balaban J connectivity index is 1.65. The third-order valence-corrected chi connectivity index (χ3v) is 10.2. The molecule has 2 aromatic rings. The number of benzene rings is 2. The van der Waals surface area contributed by atoms with E-state index in [4.69, 9.17) is 0 Å². The minimum absolute atomic E-state index is 0.178. The normalized spacial score (nSPS) is 22.9. The van der Waals surface area contributed by atoms with Crippen LogP contribution in [0.15, 0.2) is 65.6 Å². The van der Waals surface area contributed by atoms with Crippen molar-refractivity contribution in [3.05, 3.63) is 71.8 Å². The van der Waals surface area contributed by atoms with Gasteiger partial charge in [-0.3, -0.25) is 9.69 Å². The Morgan fingerprint density at radius 1 is 1.05 bits per heavy atom. The molecule has 0 aromatic heterocycles. The fourth-order valence-electron chi connectivity index (χ4n) is 6.31. The van der Waals surface area contributed by atoms with Gasteiger partial charge in [0, 0.05) is 24.7 Å². The van der Waals surface area contributed by atoms with Crippen molar-refractivity contribution in [2.24, 2.45) is 0 Å². The number of carbonyl (C=O) groups excluding carboxylic acids is 1. The summed E-state index contributed by atoms with van der Waals surface area (Å²) in [6, 6.07) is 14.0. The summed E-state index contributed by atoms with van der Waals surface area (Å²) in [5, 5.41) is 0. The molecule has 5 nitrogen and oxygen atoms in total. The molecule has 1 saturated carbocycles. The predicted octanol–water partition coefficient (Wildman–Crippen LogP) is 6.21. The molecule has 0 saturated heterocycles. The number of hydrogen-bond acceptors (Lipinski definition) is 4. The minimum atomic E-state index is -4.47. The van der Waals surface area contributed by atoms with Crippen LogP contribution in [-0.2, 0) is 20.8 Å². The van der Waals surface area contributed by atoms with E-state index in [1.54, 1.807) is 41.3 Å². The molecule has 1 amide bonds. The first kappa shape index (κ1) is 29.3. The fraction of sp³-hybridized carbons (Fsp3) is 0.500. The van der Waals surface area contributed by atoms with Crippen LogP contribution in [0.3, 0.4) is 0 Å². The first-order valence-electron chi connectivity index (χ1n) is 13.6. The Labute approximate surface area is 229 Å². The summed E-state index contributed by atoms with van der Waals surface area (Å²) in [5.74, 6) is -0.519. The van der Waals surface area contributed by atoms with E-state index in [9.17, 15) is 26.4 Å². The second-order valence-corrected chi connectivity index (χ2v) is 12.9. The van der Waals surface area contributed by atoms with Gasteiger partial charge in [-0.1, -0.05) is 37.3 Å².